The predicted octanol–water partition coefficient (Wildman–Crippen LogP) is 14.9. The van der Waals surface area contributed by atoms with Gasteiger partial charge in [-0.15, -0.1) is 0 Å². The lowest BCUT2D eigenvalue weighted by molar-refractivity contribution is 0.669. The molecule has 12 rings (SSSR count). The first-order chi connectivity index (χ1) is 30.7. The second kappa shape index (κ2) is 14.7. The minimum Gasteiger partial charge on any atom is -0.456 e. The third kappa shape index (κ3) is 6.23. The topological polar surface area (TPSA) is 56.7 Å². The van der Waals surface area contributed by atoms with Gasteiger partial charge in [0.05, 0.1) is 11.0 Å². The van der Waals surface area contributed by atoms with Crippen LogP contribution >= 0.6 is 0 Å². The molecule has 3 aromatic heterocycles. The summed E-state index contributed by atoms with van der Waals surface area (Å²) < 4.78 is 8.97. The summed E-state index contributed by atoms with van der Waals surface area (Å²) in [6, 6.07) is 76.2. The van der Waals surface area contributed by atoms with Crippen LogP contribution in [0.5, 0.6) is 0 Å². The number of aromatic nitrogens is 4. The van der Waals surface area contributed by atoms with E-state index in [4.69, 9.17) is 19.4 Å². The number of para-hydroxylation sites is 2. The smallest absolute Gasteiger partial charge is 0.164 e. The summed E-state index contributed by atoms with van der Waals surface area (Å²) >= 11 is 0. The first kappa shape index (κ1) is 35.5. The third-order valence-electron chi connectivity index (χ3n) is 11.9. The Morgan fingerprint density at radius 2 is 0.742 bits per heavy atom. The molecule has 0 atom stereocenters. The Kier molecular flexibility index (Phi) is 8.42. The SMILES string of the molecule is c1ccc(-c2ccc(-c3nc(-c4ccc(-c5ccc6c(c5)oc5cc7c8ccccc8n(-c8ccccc8)c7cc56)cc4)nc(-c4cccc(-c5ccccc5)c4)n3)cc2)cc1. The van der Waals surface area contributed by atoms with Crippen molar-refractivity contribution in [2.75, 3.05) is 0 Å². The van der Waals surface area contributed by atoms with Gasteiger partial charge in [0.1, 0.15) is 11.2 Å². The maximum atomic E-state index is 6.62. The minimum atomic E-state index is 0.612. The average molecular weight is 793 g/mol. The predicted molar refractivity (Wildman–Crippen MR) is 254 cm³/mol. The number of nitrogens with zero attached hydrogens (tertiary/aromatic N) is 4. The van der Waals surface area contributed by atoms with Gasteiger partial charge in [0.2, 0.25) is 0 Å². The van der Waals surface area contributed by atoms with Crippen molar-refractivity contribution in [2.45, 2.75) is 0 Å². The fraction of sp³-hybridized carbons (Fsp3) is 0. The molecule has 9 aromatic carbocycles. The van der Waals surface area contributed by atoms with E-state index in [2.05, 4.69) is 211 Å². The minimum absolute atomic E-state index is 0.612. The van der Waals surface area contributed by atoms with Crippen LogP contribution < -0.4 is 0 Å². The Hall–Kier alpha value is -8.41. The molecule has 3 heterocycles. The van der Waals surface area contributed by atoms with Gasteiger partial charge in [-0.3, -0.25) is 0 Å². The Labute approximate surface area is 357 Å². The fourth-order valence-corrected chi connectivity index (χ4v) is 8.76. The summed E-state index contributed by atoms with van der Waals surface area (Å²) in [6.45, 7) is 0. The van der Waals surface area contributed by atoms with E-state index in [1.807, 2.05) is 12.1 Å². The molecule has 0 radical (unpaired) electrons. The van der Waals surface area contributed by atoms with Gasteiger partial charge in [0.15, 0.2) is 17.5 Å². The van der Waals surface area contributed by atoms with E-state index in [1.165, 1.54) is 16.3 Å². The van der Waals surface area contributed by atoms with Crippen LogP contribution in [0, 0.1) is 0 Å². The fourth-order valence-electron chi connectivity index (χ4n) is 8.76. The largest absolute Gasteiger partial charge is 0.456 e. The summed E-state index contributed by atoms with van der Waals surface area (Å²) in [4.78, 5) is 15.2. The highest BCUT2D eigenvalue weighted by Gasteiger charge is 2.18. The summed E-state index contributed by atoms with van der Waals surface area (Å²) in [5.74, 6) is 1.85. The Balaban J connectivity index is 0.919. The van der Waals surface area contributed by atoms with Crippen molar-refractivity contribution in [1.29, 1.82) is 0 Å². The lowest BCUT2D eigenvalue weighted by Crippen LogP contribution is -2.00. The molecule has 0 spiro atoms. The average Bonchev–Trinajstić information content (AvgIpc) is 3.88. The highest BCUT2D eigenvalue weighted by atomic mass is 16.3. The number of benzene rings is 9. The highest BCUT2D eigenvalue weighted by molar-refractivity contribution is 6.17. The van der Waals surface area contributed by atoms with Crippen molar-refractivity contribution in [3.05, 3.63) is 218 Å². The monoisotopic (exact) mass is 792 g/mol. The van der Waals surface area contributed by atoms with Gasteiger partial charge in [-0.25, -0.2) is 15.0 Å². The molecule has 5 heteroatoms. The number of rotatable bonds is 7. The summed E-state index contributed by atoms with van der Waals surface area (Å²) in [7, 11) is 0. The van der Waals surface area contributed by atoms with Gasteiger partial charge in [-0.05, 0) is 81.9 Å². The van der Waals surface area contributed by atoms with E-state index in [0.29, 0.717) is 17.5 Å². The molecular formula is C57H36N4O. The van der Waals surface area contributed by atoms with Crippen molar-refractivity contribution in [3.63, 3.8) is 0 Å². The van der Waals surface area contributed by atoms with E-state index in [0.717, 1.165) is 83.2 Å². The van der Waals surface area contributed by atoms with Crippen LogP contribution in [0.15, 0.2) is 223 Å². The molecule has 0 aliphatic carbocycles. The Bertz CT molecular complexity index is 3590. The van der Waals surface area contributed by atoms with Crippen molar-refractivity contribution in [1.82, 2.24) is 19.5 Å². The molecule has 12 aromatic rings. The van der Waals surface area contributed by atoms with Crippen LogP contribution in [0.2, 0.25) is 0 Å². The lowest BCUT2D eigenvalue weighted by atomic mass is 10.0. The number of hydrogen-bond donors (Lipinski definition) is 0. The van der Waals surface area contributed by atoms with E-state index in [9.17, 15) is 0 Å². The second-order valence-electron chi connectivity index (χ2n) is 15.6. The first-order valence-electron chi connectivity index (χ1n) is 20.8. The van der Waals surface area contributed by atoms with Crippen molar-refractivity contribution in [2.24, 2.45) is 0 Å². The molecule has 62 heavy (non-hydrogen) atoms. The molecule has 0 bridgehead atoms. The maximum Gasteiger partial charge on any atom is 0.164 e. The van der Waals surface area contributed by atoms with Crippen LogP contribution in [0.4, 0.5) is 0 Å². The summed E-state index contributed by atoms with van der Waals surface area (Å²) in [5, 5.41) is 4.56. The van der Waals surface area contributed by atoms with Gasteiger partial charge >= 0.3 is 0 Å². The molecule has 0 N–H and O–H groups in total. The van der Waals surface area contributed by atoms with Crippen LogP contribution in [0.25, 0.3) is 117 Å². The van der Waals surface area contributed by atoms with E-state index in [-0.39, 0.29) is 0 Å². The normalized spacial score (nSPS) is 11.5. The zero-order chi connectivity index (χ0) is 41.0. The Morgan fingerprint density at radius 3 is 1.42 bits per heavy atom. The molecule has 0 saturated carbocycles. The molecule has 0 unspecified atom stereocenters. The zero-order valence-corrected chi connectivity index (χ0v) is 33.5. The number of hydrogen-bond acceptors (Lipinski definition) is 4. The van der Waals surface area contributed by atoms with Gasteiger partial charge in [0, 0.05) is 43.9 Å². The van der Waals surface area contributed by atoms with E-state index in [1.54, 1.807) is 0 Å². The molecule has 290 valence electrons. The van der Waals surface area contributed by atoms with Gasteiger partial charge < -0.3 is 8.98 Å². The van der Waals surface area contributed by atoms with Crippen LogP contribution in [0.3, 0.4) is 0 Å². The molecule has 0 aliphatic heterocycles. The van der Waals surface area contributed by atoms with Crippen LogP contribution in [0.1, 0.15) is 0 Å². The quantitative estimate of drug-likeness (QED) is 0.161. The van der Waals surface area contributed by atoms with Gasteiger partial charge in [-0.2, -0.15) is 0 Å². The summed E-state index contributed by atoms with van der Waals surface area (Å²) in [5.41, 5.74) is 14.6. The molecule has 0 saturated heterocycles. The highest BCUT2D eigenvalue weighted by Crippen LogP contribution is 2.39. The molecule has 5 nitrogen and oxygen atoms in total. The second-order valence-corrected chi connectivity index (χ2v) is 15.6. The zero-order valence-electron chi connectivity index (χ0n) is 33.5. The number of furan rings is 1. The lowest BCUT2D eigenvalue weighted by Gasteiger charge is -2.11. The molecular weight excluding hydrogens is 757 g/mol. The molecule has 0 fully saturated rings. The maximum absolute atomic E-state index is 6.62. The van der Waals surface area contributed by atoms with Crippen LogP contribution in [-0.4, -0.2) is 19.5 Å². The van der Waals surface area contributed by atoms with Gasteiger partial charge in [-0.1, -0.05) is 170 Å². The van der Waals surface area contributed by atoms with Crippen LogP contribution in [-0.2, 0) is 0 Å². The standard InChI is InChI=1S/C57H36N4O/c1-4-13-37(14-5-1)39-23-27-41(28-24-39)55-58-56(60-57(59-55)45-18-12-17-43(33-45)38-15-6-2-7-16-38)42-29-25-40(26-30-42)44-31-32-48-50-35-52-49(36-54(50)62-53(48)34-44)47-21-10-11-22-51(47)61(52)46-19-8-3-9-20-46/h1-36H. The summed E-state index contributed by atoms with van der Waals surface area (Å²) in [6.07, 6.45) is 0. The van der Waals surface area contributed by atoms with Crippen molar-refractivity contribution >= 4 is 43.7 Å². The molecule has 0 aliphatic rings. The molecule has 0 amide bonds. The third-order valence-corrected chi connectivity index (χ3v) is 11.9. The van der Waals surface area contributed by atoms with E-state index >= 15 is 0 Å². The first-order valence-corrected chi connectivity index (χ1v) is 20.8. The Morgan fingerprint density at radius 1 is 0.274 bits per heavy atom. The van der Waals surface area contributed by atoms with Crippen molar-refractivity contribution in [3.8, 4) is 73.2 Å². The van der Waals surface area contributed by atoms with Gasteiger partial charge in [0.25, 0.3) is 0 Å². The van der Waals surface area contributed by atoms with Crippen molar-refractivity contribution < 1.29 is 4.42 Å². The number of fused-ring (bicyclic) bond motifs is 6. The van der Waals surface area contributed by atoms with E-state index < -0.39 is 0 Å².